The minimum atomic E-state index is -1.07. The minimum absolute atomic E-state index is 0.469. The number of carboxylic acid groups (broad SMARTS) is 1. The second kappa shape index (κ2) is 5.16. The summed E-state index contributed by atoms with van der Waals surface area (Å²) in [5.41, 5.74) is 0. The molecule has 5 nitrogen and oxygen atoms in total. The van der Waals surface area contributed by atoms with Gasteiger partial charge < -0.3 is 14.8 Å². The zero-order valence-electron chi connectivity index (χ0n) is 9.06. The minimum Gasteiger partial charge on any atom is -0.480 e. The molecule has 0 saturated heterocycles. The van der Waals surface area contributed by atoms with Crippen LogP contribution in [0.4, 0.5) is 0 Å². The largest absolute Gasteiger partial charge is 0.480 e. The van der Waals surface area contributed by atoms with E-state index in [2.05, 4.69) is 5.32 Å². The summed E-state index contributed by atoms with van der Waals surface area (Å²) < 4.78 is 5.20. The first-order chi connectivity index (χ1) is 7.49. The van der Waals surface area contributed by atoms with Crippen LogP contribution in [0.1, 0.15) is 18.4 Å². The molecular formula is C11H13NO4. The van der Waals surface area contributed by atoms with Crippen molar-refractivity contribution in [3.8, 4) is 0 Å². The normalized spacial score (nSPS) is 12.6. The number of carbonyl (C=O) groups is 2. The molecule has 16 heavy (non-hydrogen) atoms. The first kappa shape index (κ1) is 12.0. The maximum absolute atomic E-state index is 11.2. The highest BCUT2D eigenvalue weighted by Gasteiger charge is 2.11. The van der Waals surface area contributed by atoms with Gasteiger partial charge in [0.2, 0.25) is 5.91 Å². The zero-order chi connectivity index (χ0) is 12.1. The molecule has 1 aromatic heterocycles. The number of rotatable bonds is 4. The summed E-state index contributed by atoms with van der Waals surface area (Å²) in [5.74, 6) is -0.242. The molecular weight excluding hydrogens is 210 g/mol. The summed E-state index contributed by atoms with van der Waals surface area (Å²) >= 11 is 0. The highest BCUT2D eigenvalue weighted by atomic mass is 16.4. The summed E-state index contributed by atoms with van der Waals surface area (Å²) in [5, 5.41) is 10.9. The van der Waals surface area contributed by atoms with Gasteiger partial charge >= 0.3 is 5.97 Å². The van der Waals surface area contributed by atoms with Gasteiger partial charge in [-0.1, -0.05) is 0 Å². The number of amides is 1. The van der Waals surface area contributed by atoms with E-state index in [1.54, 1.807) is 19.1 Å². The Hall–Kier alpha value is -2.04. The summed E-state index contributed by atoms with van der Waals surface area (Å²) in [6.07, 6.45) is 2.72. The van der Waals surface area contributed by atoms with Crippen molar-refractivity contribution in [3.05, 3.63) is 29.7 Å². The third-order valence-electron chi connectivity index (χ3n) is 1.89. The molecule has 0 aliphatic heterocycles. The summed E-state index contributed by atoms with van der Waals surface area (Å²) in [6, 6.07) is 2.59. The zero-order valence-corrected chi connectivity index (χ0v) is 9.06. The van der Waals surface area contributed by atoms with E-state index in [4.69, 9.17) is 9.52 Å². The van der Waals surface area contributed by atoms with E-state index in [0.29, 0.717) is 5.76 Å². The van der Waals surface area contributed by atoms with Gasteiger partial charge in [-0.25, -0.2) is 0 Å². The van der Waals surface area contributed by atoms with Crippen LogP contribution in [0, 0.1) is 6.92 Å². The number of carboxylic acids is 1. The molecule has 0 bridgehead atoms. The molecule has 0 radical (unpaired) electrons. The number of carbonyl (C=O) groups excluding carboxylic acids is 1. The fourth-order valence-electron chi connectivity index (χ4n) is 1.02. The van der Waals surface area contributed by atoms with Gasteiger partial charge in [-0.05, 0) is 32.1 Å². The van der Waals surface area contributed by atoms with Crippen LogP contribution >= 0.6 is 0 Å². The first-order valence-electron chi connectivity index (χ1n) is 4.77. The van der Waals surface area contributed by atoms with Crippen LogP contribution in [0.25, 0.3) is 6.08 Å². The van der Waals surface area contributed by atoms with Crippen LogP contribution in [-0.2, 0) is 9.59 Å². The quantitative estimate of drug-likeness (QED) is 0.751. The SMILES string of the molecule is Cc1ccc(C=CC(=O)N[C@H](C)C(=O)O)o1. The van der Waals surface area contributed by atoms with E-state index >= 15 is 0 Å². The average Bonchev–Trinajstić information content (AvgIpc) is 2.61. The summed E-state index contributed by atoms with van der Waals surface area (Å²) in [7, 11) is 0. The van der Waals surface area contributed by atoms with Crippen LogP contribution in [0.5, 0.6) is 0 Å². The van der Waals surface area contributed by atoms with Crippen LogP contribution < -0.4 is 5.32 Å². The van der Waals surface area contributed by atoms with Gasteiger partial charge in [-0.2, -0.15) is 0 Å². The molecule has 1 atom stereocenters. The van der Waals surface area contributed by atoms with Crippen molar-refractivity contribution in [1.29, 1.82) is 0 Å². The van der Waals surface area contributed by atoms with Gasteiger partial charge in [0.25, 0.3) is 0 Å². The van der Waals surface area contributed by atoms with Crippen molar-refractivity contribution >= 4 is 18.0 Å². The van der Waals surface area contributed by atoms with Gasteiger partial charge in [0, 0.05) is 6.08 Å². The first-order valence-corrected chi connectivity index (χ1v) is 4.77. The molecule has 2 N–H and O–H groups in total. The monoisotopic (exact) mass is 223 g/mol. The Labute approximate surface area is 92.8 Å². The highest BCUT2D eigenvalue weighted by Crippen LogP contribution is 2.07. The Balaban J connectivity index is 2.51. The van der Waals surface area contributed by atoms with Crippen LogP contribution in [0.15, 0.2) is 22.6 Å². The fraction of sp³-hybridized carbons (Fsp3) is 0.273. The Kier molecular flexibility index (Phi) is 3.88. The molecule has 1 amide bonds. The molecule has 1 rings (SSSR count). The average molecular weight is 223 g/mol. The lowest BCUT2D eigenvalue weighted by Gasteiger charge is -2.05. The predicted octanol–water partition coefficient (Wildman–Crippen LogP) is 1.19. The molecule has 0 saturated carbocycles. The molecule has 1 heterocycles. The third-order valence-corrected chi connectivity index (χ3v) is 1.89. The van der Waals surface area contributed by atoms with Gasteiger partial charge in [-0.15, -0.1) is 0 Å². The Morgan fingerprint density at radius 3 is 2.69 bits per heavy atom. The van der Waals surface area contributed by atoms with Crippen molar-refractivity contribution in [3.63, 3.8) is 0 Å². The van der Waals surface area contributed by atoms with Gasteiger partial charge in [0.15, 0.2) is 0 Å². The standard InChI is InChI=1S/C11H13NO4/c1-7-3-4-9(16-7)5-6-10(13)12-8(2)11(14)15/h3-6,8H,1-2H3,(H,12,13)(H,14,15)/t8-/m1/s1. The molecule has 5 heteroatoms. The van der Waals surface area contributed by atoms with Crippen molar-refractivity contribution in [2.45, 2.75) is 19.9 Å². The van der Waals surface area contributed by atoms with Crippen molar-refractivity contribution in [2.75, 3.05) is 0 Å². The smallest absolute Gasteiger partial charge is 0.325 e. The van der Waals surface area contributed by atoms with E-state index in [1.165, 1.54) is 19.1 Å². The van der Waals surface area contributed by atoms with E-state index in [1.807, 2.05) is 0 Å². The Bertz CT molecular complexity index is 419. The topological polar surface area (TPSA) is 79.5 Å². The second-order valence-corrected chi connectivity index (χ2v) is 3.35. The Morgan fingerprint density at radius 2 is 2.19 bits per heavy atom. The van der Waals surface area contributed by atoms with E-state index < -0.39 is 17.9 Å². The summed E-state index contributed by atoms with van der Waals surface area (Å²) in [4.78, 5) is 21.7. The molecule has 1 aromatic rings. The number of nitrogens with one attached hydrogen (secondary N) is 1. The Morgan fingerprint density at radius 1 is 1.50 bits per heavy atom. The number of furan rings is 1. The third kappa shape index (κ3) is 3.61. The van der Waals surface area contributed by atoms with Crippen LogP contribution in [0.3, 0.4) is 0 Å². The lowest BCUT2D eigenvalue weighted by Crippen LogP contribution is -2.37. The fourth-order valence-corrected chi connectivity index (χ4v) is 1.02. The molecule has 0 unspecified atom stereocenters. The van der Waals surface area contributed by atoms with Crippen LogP contribution in [0.2, 0.25) is 0 Å². The van der Waals surface area contributed by atoms with Crippen molar-refractivity contribution < 1.29 is 19.1 Å². The second-order valence-electron chi connectivity index (χ2n) is 3.35. The van der Waals surface area contributed by atoms with E-state index in [0.717, 1.165) is 5.76 Å². The molecule has 0 spiro atoms. The number of hydrogen-bond donors (Lipinski definition) is 2. The van der Waals surface area contributed by atoms with E-state index in [9.17, 15) is 9.59 Å². The summed E-state index contributed by atoms with van der Waals surface area (Å²) in [6.45, 7) is 3.19. The lowest BCUT2D eigenvalue weighted by molar-refractivity contribution is -0.140. The van der Waals surface area contributed by atoms with E-state index in [-0.39, 0.29) is 0 Å². The molecule has 0 fully saturated rings. The molecule has 0 aliphatic rings. The predicted molar refractivity (Wildman–Crippen MR) is 57.7 cm³/mol. The van der Waals surface area contributed by atoms with Crippen LogP contribution in [-0.4, -0.2) is 23.0 Å². The number of hydrogen-bond acceptors (Lipinski definition) is 3. The maximum Gasteiger partial charge on any atom is 0.325 e. The number of aryl methyl sites for hydroxylation is 1. The van der Waals surface area contributed by atoms with Gasteiger partial charge in [-0.3, -0.25) is 9.59 Å². The molecule has 0 aromatic carbocycles. The lowest BCUT2D eigenvalue weighted by atomic mass is 10.3. The highest BCUT2D eigenvalue weighted by molar-refractivity contribution is 5.93. The van der Waals surface area contributed by atoms with Gasteiger partial charge in [0.05, 0.1) is 0 Å². The molecule has 0 aliphatic carbocycles. The number of aliphatic carboxylic acids is 1. The maximum atomic E-state index is 11.2. The van der Waals surface area contributed by atoms with Crippen molar-refractivity contribution in [1.82, 2.24) is 5.32 Å². The van der Waals surface area contributed by atoms with Gasteiger partial charge in [0.1, 0.15) is 17.6 Å². The molecule has 86 valence electrons. The van der Waals surface area contributed by atoms with Crippen molar-refractivity contribution in [2.24, 2.45) is 0 Å².